The molecule has 0 radical (unpaired) electrons. The summed E-state index contributed by atoms with van der Waals surface area (Å²) in [6.45, 7) is 3.07. The maximum absolute atomic E-state index is 12.5. The molecule has 0 bridgehead atoms. The van der Waals surface area contributed by atoms with Crippen molar-refractivity contribution in [3.8, 4) is 11.1 Å². The summed E-state index contributed by atoms with van der Waals surface area (Å²) in [5, 5.41) is 11.6. The molecule has 2 aromatic rings. The molecule has 2 N–H and O–H groups in total. The quantitative estimate of drug-likeness (QED) is 0.659. The number of ether oxygens (including phenoxy) is 1. The number of carboxylic acids is 1. The summed E-state index contributed by atoms with van der Waals surface area (Å²) in [5.41, 5.74) is 4.64. The van der Waals surface area contributed by atoms with Gasteiger partial charge in [-0.3, -0.25) is 9.59 Å². The fourth-order valence-electron chi connectivity index (χ4n) is 4.59. The Bertz CT molecular complexity index is 969. The van der Waals surface area contributed by atoms with Crippen molar-refractivity contribution in [3.63, 3.8) is 0 Å². The van der Waals surface area contributed by atoms with Crippen LogP contribution in [0.5, 0.6) is 0 Å². The zero-order valence-electron chi connectivity index (χ0n) is 18.1. The van der Waals surface area contributed by atoms with E-state index in [0.717, 1.165) is 11.1 Å². The molecule has 7 nitrogen and oxygen atoms in total. The number of hydrogen-bond acceptors (Lipinski definition) is 4. The highest BCUT2D eigenvalue weighted by Gasteiger charge is 2.33. The SMILES string of the molecule is CC[C@H](CC(=O)N1CC(CC(=O)O)C1)NC(=O)OCC1c2ccccc2-c2ccccc21. The number of carbonyl (C=O) groups is 3. The van der Waals surface area contributed by atoms with Crippen molar-refractivity contribution in [3.05, 3.63) is 59.7 Å². The third-order valence-electron chi connectivity index (χ3n) is 6.35. The Kier molecular flexibility index (Phi) is 6.44. The molecule has 1 saturated heterocycles. The van der Waals surface area contributed by atoms with Crippen molar-refractivity contribution in [2.24, 2.45) is 5.92 Å². The monoisotopic (exact) mass is 436 g/mol. The fraction of sp³-hybridized carbons (Fsp3) is 0.400. The zero-order chi connectivity index (χ0) is 22.7. The average Bonchev–Trinajstić information content (AvgIpc) is 3.07. The van der Waals surface area contributed by atoms with Gasteiger partial charge in [-0.25, -0.2) is 4.79 Å². The van der Waals surface area contributed by atoms with Crippen LogP contribution in [0.2, 0.25) is 0 Å². The van der Waals surface area contributed by atoms with Crippen molar-refractivity contribution in [1.82, 2.24) is 10.2 Å². The molecule has 0 saturated carbocycles. The standard InChI is InChI=1S/C25H28N2O5/c1-2-17(12-23(28)27-13-16(14-27)11-24(29)30)26-25(31)32-15-22-20-9-5-3-7-18(20)19-8-4-6-10-21(19)22/h3-10,16-17,22H,2,11-15H2,1H3,(H,26,31)(H,29,30)/t17-/m1/s1. The first-order chi connectivity index (χ1) is 15.5. The molecule has 2 aromatic carbocycles. The molecule has 0 aromatic heterocycles. The topological polar surface area (TPSA) is 95.9 Å². The first-order valence-electron chi connectivity index (χ1n) is 11.1. The second-order valence-electron chi connectivity index (χ2n) is 8.54. The molecule has 1 atom stereocenters. The van der Waals surface area contributed by atoms with Crippen LogP contribution < -0.4 is 5.32 Å². The lowest BCUT2D eigenvalue weighted by atomic mass is 9.95. The van der Waals surface area contributed by atoms with Crippen LogP contribution in [0.25, 0.3) is 11.1 Å². The van der Waals surface area contributed by atoms with E-state index in [0.29, 0.717) is 19.5 Å². The first-order valence-corrected chi connectivity index (χ1v) is 11.1. The number of nitrogens with zero attached hydrogens (tertiary/aromatic N) is 1. The summed E-state index contributed by atoms with van der Waals surface area (Å²) in [7, 11) is 0. The number of alkyl carbamates (subject to hydrolysis) is 1. The van der Waals surface area contributed by atoms with Gasteiger partial charge in [0, 0.05) is 37.4 Å². The highest BCUT2D eigenvalue weighted by Crippen LogP contribution is 2.44. The van der Waals surface area contributed by atoms with Gasteiger partial charge in [0.15, 0.2) is 0 Å². The summed E-state index contributed by atoms with van der Waals surface area (Å²) in [5.74, 6) is -0.906. The van der Waals surface area contributed by atoms with E-state index < -0.39 is 12.1 Å². The van der Waals surface area contributed by atoms with Gasteiger partial charge in [-0.2, -0.15) is 0 Å². The number of likely N-dealkylation sites (tertiary alicyclic amines) is 1. The van der Waals surface area contributed by atoms with Gasteiger partial charge in [-0.05, 0) is 28.7 Å². The summed E-state index contributed by atoms with van der Waals surface area (Å²) >= 11 is 0. The minimum atomic E-state index is -0.842. The van der Waals surface area contributed by atoms with Crippen molar-refractivity contribution >= 4 is 18.0 Å². The first kappa shape index (κ1) is 21.9. The molecule has 32 heavy (non-hydrogen) atoms. The van der Waals surface area contributed by atoms with Crippen LogP contribution >= 0.6 is 0 Å². The predicted molar refractivity (Wildman–Crippen MR) is 119 cm³/mol. The van der Waals surface area contributed by atoms with E-state index in [4.69, 9.17) is 9.84 Å². The molecule has 1 aliphatic heterocycles. The van der Waals surface area contributed by atoms with Crippen LogP contribution in [0.4, 0.5) is 4.79 Å². The Balaban J connectivity index is 1.29. The second-order valence-corrected chi connectivity index (χ2v) is 8.54. The number of nitrogens with one attached hydrogen (secondary N) is 1. The third-order valence-corrected chi connectivity index (χ3v) is 6.35. The van der Waals surface area contributed by atoms with Crippen molar-refractivity contribution in [1.29, 1.82) is 0 Å². The second kappa shape index (κ2) is 9.42. The molecule has 2 aliphatic rings. The van der Waals surface area contributed by atoms with E-state index in [1.54, 1.807) is 4.90 Å². The number of benzene rings is 2. The highest BCUT2D eigenvalue weighted by atomic mass is 16.5. The van der Waals surface area contributed by atoms with E-state index in [1.807, 2.05) is 31.2 Å². The van der Waals surface area contributed by atoms with E-state index >= 15 is 0 Å². The average molecular weight is 437 g/mol. The summed E-state index contributed by atoms with van der Waals surface area (Å²) in [4.78, 5) is 37.3. The normalized spacial score (nSPS) is 16.0. The van der Waals surface area contributed by atoms with E-state index in [-0.39, 0.29) is 43.2 Å². The lowest BCUT2D eigenvalue weighted by molar-refractivity contribution is -0.145. The molecule has 168 valence electrons. The number of carbonyl (C=O) groups excluding carboxylic acids is 2. The molecule has 2 amide bonds. The summed E-state index contributed by atoms with van der Waals surface area (Å²) in [6, 6.07) is 16.0. The van der Waals surface area contributed by atoms with Crippen LogP contribution in [0.3, 0.4) is 0 Å². The Labute approximate surface area is 187 Å². The van der Waals surface area contributed by atoms with Crippen molar-refractivity contribution in [2.45, 2.75) is 38.1 Å². The van der Waals surface area contributed by atoms with Gasteiger partial charge in [0.2, 0.25) is 5.91 Å². The van der Waals surface area contributed by atoms with Gasteiger partial charge in [0.1, 0.15) is 6.61 Å². The number of aliphatic carboxylic acids is 1. The lowest BCUT2D eigenvalue weighted by Crippen LogP contribution is -2.52. The smallest absolute Gasteiger partial charge is 0.407 e. The molecule has 7 heteroatoms. The lowest BCUT2D eigenvalue weighted by Gasteiger charge is -2.39. The molecule has 0 spiro atoms. The molecule has 1 heterocycles. The minimum absolute atomic E-state index is 0.0119. The Morgan fingerprint density at radius 2 is 1.66 bits per heavy atom. The van der Waals surface area contributed by atoms with E-state index in [9.17, 15) is 14.4 Å². The van der Waals surface area contributed by atoms with Crippen LogP contribution in [-0.4, -0.2) is 53.7 Å². The van der Waals surface area contributed by atoms with Crippen molar-refractivity contribution in [2.75, 3.05) is 19.7 Å². The maximum Gasteiger partial charge on any atom is 0.407 e. The molecular formula is C25H28N2O5. The van der Waals surface area contributed by atoms with Crippen LogP contribution in [0.15, 0.2) is 48.5 Å². The summed E-state index contributed by atoms with van der Waals surface area (Å²) in [6.07, 6.45) is 0.334. The number of amides is 2. The maximum atomic E-state index is 12.5. The largest absolute Gasteiger partial charge is 0.481 e. The molecule has 4 rings (SSSR count). The number of rotatable bonds is 8. The van der Waals surface area contributed by atoms with Gasteiger partial charge in [-0.1, -0.05) is 55.5 Å². The van der Waals surface area contributed by atoms with Gasteiger partial charge in [0.05, 0.1) is 6.42 Å². The van der Waals surface area contributed by atoms with Gasteiger partial charge >= 0.3 is 12.1 Å². The van der Waals surface area contributed by atoms with Crippen LogP contribution in [0, 0.1) is 5.92 Å². The van der Waals surface area contributed by atoms with Gasteiger partial charge < -0.3 is 20.1 Å². The molecule has 1 fully saturated rings. The van der Waals surface area contributed by atoms with Crippen molar-refractivity contribution < 1.29 is 24.2 Å². The van der Waals surface area contributed by atoms with Gasteiger partial charge in [-0.15, -0.1) is 0 Å². The molecule has 1 aliphatic carbocycles. The Hall–Kier alpha value is -3.35. The van der Waals surface area contributed by atoms with E-state index in [1.165, 1.54) is 11.1 Å². The number of hydrogen-bond donors (Lipinski definition) is 2. The minimum Gasteiger partial charge on any atom is -0.481 e. The number of carboxylic acid groups (broad SMARTS) is 1. The molecule has 0 unspecified atom stereocenters. The summed E-state index contributed by atoms with van der Waals surface area (Å²) < 4.78 is 5.57. The third kappa shape index (κ3) is 4.61. The highest BCUT2D eigenvalue weighted by molar-refractivity contribution is 5.80. The predicted octanol–water partition coefficient (Wildman–Crippen LogP) is 3.63. The van der Waals surface area contributed by atoms with Crippen LogP contribution in [-0.2, 0) is 14.3 Å². The fourth-order valence-corrected chi connectivity index (χ4v) is 4.59. The number of fused-ring (bicyclic) bond motifs is 3. The van der Waals surface area contributed by atoms with Crippen LogP contribution in [0.1, 0.15) is 43.2 Å². The zero-order valence-corrected chi connectivity index (χ0v) is 18.1. The molecular weight excluding hydrogens is 408 g/mol. The van der Waals surface area contributed by atoms with Gasteiger partial charge in [0.25, 0.3) is 0 Å². The Morgan fingerprint density at radius 3 is 2.22 bits per heavy atom. The Morgan fingerprint density at radius 1 is 1.06 bits per heavy atom. The van der Waals surface area contributed by atoms with E-state index in [2.05, 4.69) is 29.6 Å².